The second-order valence-corrected chi connectivity index (χ2v) is 7.40. The van der Waals surface area contributed by atoms with E-state index >= 15 is 0 Å². The van der Waals surface area contributed by atoms with Gasteiger partial charge in [0.1, 0.15) is 6.10 Å². The van der Waals surface area contributed by atoms with Gasteiger partial charge in [-0.25, -0.2) is 4.79 Å². The van der Waals surface area contributed by atoms with E-state index in [9.17, 15) is 4.79 Å². The number of carboxylic acids is 1. The van der Waals surface area contributed by atoms with Gasteiger partial charge in [0.25, 0.3) is 0 Å². The third-order valence-corrected chi connectivity index (χ3v) is 4.42. The van der Waals surface area contributed by atoms with Gasteiger partial charge >= 0.3 is 12.1 Å². The monoisotopic (exact) mass is 438 g/mol. The van der Waals surface area contributed by atoms with Gasteiger partial charge in [-0.1, -0.05) is 96.8 Å². The number of aliphatic carboxylic acids is 1. The number of aliphatic hydroxyl groups excluding tert-OH is 3. The molecule has 0 aliphatic carbocycles. The Hall–Kier alpha value is -1.38. The van der Waals surface area contributed by atoms with Gasteiger partial charge in [0.05, 0.1) is 13.2 Å². The molecule has 0 amide bonds. The lowest BCUT2D eigenvalue weighted by molar-refractivity contribution is -0.137. The van der Waals surface area contributed by atoms with Gasteiger partial charge in [-0.3, -0.25) is 4.79 Å². The zero-order valence-electron chi connectivity index (χ0n) is 18.8. The molecular weight excluding hydrogens is 392 g/mol. The van der Waals surface area contributed by atoms with Gasteiger partial charge in [-0.2, -0.15) is 0 Å². The van der Waals surface area contributed by atoms with Crippen LogP contribution in [0.4, 0.5) is 4.79 Å². The maximum Gasteiger partial charge on any atom is 0.503 e. The summed E-state index contributed by atoms with van der Waals surface area (Å²) in [5.74, 6) is -0.653. The second-order valence-electron chi connectivity index (χ2n) is 7.40. The summed E-state index contributed by atoms with van der Waals surface area (Å²) in [4.78, 5) is 18.9. The minimum absolute atomic E-state index is 0.345. The van der Waals surface area contributed by atoms with E-state index in [4.69, 9.17) is 35.4 Å². The summed E-state index contributed by atoms with van der Waals surface area (Å²) in [5.41, 5.74) is 0. The molecule has 0 unspecified atom stereocenters. The van der Waals surface area contributed by atoms with E-state index < -0.39 is 18.2 Å². The molecule has 0 saturated carbocycles. The lowest BCUT2D eigenvalue weighted by Gasteiger charge is -2.03. The molecule has 0 bridgehead atoms. The summed E-state index contributed by atoms with van der Waals surface area (Å²) in [6.45, 7) is 1.54. The topological polar surface area (TPSA) is 156 Å². The molecule has 0 aromatic rings. The highest BCUT2D eigenvalue weighted by molar-refractivity contribution is 5.66. The number of unbranched alkanes of at least 4 members (excludes halogenated alkanes) is 14. The van der Waals surface area contributed by atoms with E-state index in [2.05, 4.69) is 6.92 Å². The Bertz CT molecular complexity index is 342. The number of hydrogen-bond donors (Lipinski definition) is 6. The Morgan fingerprint density at radius 3 is 1.07 bits per heavy atom. The highest BCUT2D eigenvalue weighted by atomic mass is 16.6. The summed E-state index contributed by atoms with van der Waals surface area (Å²) < 4.78 is 0. The Morgan fingerprint density at radius 1 is 0.600 bits per heavy atom. The Morgan fingerprint density at radius 2 is 0.867 bits per heavy atom. The molecule has 8 heteroatoms. The van der Waals surface area contributed by atoms with Crippen molar-refractivity contribution in [2.75, 3.05) is 13.2 Å². The molecule has 0 spiro atoms. The van der Waals surface area contributed by atoms with Crippen molar-refractivity contribution in [3.63, 3.8) is 0 Å². The summed E-state index contributed by atoms with van der Waals surface area (Å²) in [7, 11) is 0. The van der Waals surface area contributed by atoms with Crippen molar-refractivity contribution in [3.05, 3.63) is 0 Å². The predicted molar refractivity (Wildman–Crippen MR) is 118 cm³/mol. The lowest BCUT2D eigenvalue weighted by atomic mass is 10.0. The lowest BCUT2D eigenvalue weighted by Crippen LogP contribution is -2.15. The first-order valence-electron chi connectivity index (χ1n) is 11.3. The highest BCUT2D eigenvalue weighted by Gasteiger charge is 1.97. The highest BCUT2D eigenvalue weighted by Crippen LogP contribution is 2.13. The molecule has 0 rings (SSSR count). The zero-order chi connectivity index (χ0) is 23.5. The average Bonchev–Trinajstić information content (AvgIpc) is 2.70. The number of carboxylic acid groups (broad SMARTS) is 3. The Labute approximate surface area is 182 Å². The van der Waals surface area contributed by atoms with E-state index in [1.54, 1.807) is 0 Å². The predicted octanol–water partition coefficient (Wildman–Crippen LogP) is 4.89. The maximum absolute atomic E-state index is 10.3. The van der Waals surface area contributed by atoms with Crippen LogP contribution in [0.15, 0.2) is 0 Å². The largest absolute Gasteiger partial charge is 0.503 e. The maximum atomic E-state index is 10.3. The third-order valence-electron chi connectivity index (χ3n) is 4.42. The smallest absolute Gasteiger partial charge is 0.481 e. The molecule has 30 heavy (non-hydrogen) atoms. The summed E-state index contributed by atoms with van der Waals surface area (Å²) in [6, 6.07) is 0. The second kappa shape index (κ2) is 29.8. The standard InChI is InChI=1S/C18H36O2.C3H8O3.CH2O3/c1-2-3-4-5-6-7-8-9-10-11-12-13-14-15-16-17-18(19)20;4-1-3(6)2-5;2-1(3)4/h2-17H2,1H3,(H,19,20);3-6H,1-2H2;(H2,2,3,4). The van der Waals surface area contributed by atoms with Gasteiger partial charge in [0.2, 0.25) is 0 Å². The molecule has 0 aromatic carbocycles. The van der Waals surface area contributed by atoms with Crippen LogP contribution in [0, 0.1) is 0 Å². The Kier molecular flexibility index (Phi) is 33.1. The molecule has 0 aromatic heterocycles. The van der Waals surface area contributed by atoms with Crippen LogP contribution in [-0.2, 0) is 4.79 Å². The van der Waals surface area contributed by atoms with Crippen LogP contribution in [0.3, 0.4) is 0 Å². The van der Waals surface area contributed by atoms with Crippen LogP contribution in [-0.4, -0.2) is 62.1 Å². The molecule has 0 heterocycles. The molecule has 0 aliphatic rings. The van der Waals surface area contributed by atoms with Crippen LogP contribution in [0.25, 0.3) is 0 Å². The first kappa shape index (κ1) is 33.3. The number of aliphatic hydroxyl groups is 3. The minimum Gasteiger partial charge on any atom is -0.481 e. The molecule has 6 N–H and O–H groups in total. The fourth-order valence-corrected chi connectivity index (χ4v) is 2.71. The van der Waals surface area contributed by atoms with Crippen LogP contribution in [0.5, 0.6) is 0 Å². The fraction of sp³-hybridized carbons (Fsp3) is 0.909. The number of rotatable bonds is 18. The van der Waals surface area contributed by atoms with Crippen LogP contribution in [0.1, 0.15) is 110 Å². The van der Waals surface area contributed by atoms with Crippen molar-refractivity contribution in [1.82, 2.24) is 0 Å². The van der Waals surface area contributed by atoms with E-state index in [-0.39, 0.29) is 13.2 Å². The first-order valence-corrected chi connectivity index (χ1v) is 11.3. The molecule has 182 valence electrons. The van der Waals surface area contributed by atoms with Crippen molar-refractivity contribution in [3.8, 4) is 0 Å². The molecule has 8 nitrogen and oxygen atoms in total. The van der Waals surface area contributed by atoms with Crippen LogP contribution >= 0.6 is 0 Å². The third kappa shape index (κ3) is 45.4. The zero-order valence-corrected chi connectivity index (χ0v) is 18.8. The van der Waals surface area contributed by atoms with E-state index in [1.165, 1.54) is 83.5 Å². The summed E-state index contributed by atoms with van der Waals surface area (Å²) in [5, 5.41) is 46.5. The molecular formula is C22H46O8. The van der Waals surface area contributed by atoms with Crippen molar-refractivity contribution in [2.24, 2.45) is 0 Å². The van der Waals surface area contributed by atoms with E-state index in [0.717, 1.165) is 12.8 Å². The summed E-state index contributed by atoms with van der Waals surface area (Å²) >= 11 is 0. The molecule has 0 saturated heterocycles. The number of hydrogen-bond acceptors (Lipinski definition) is 5. The van der Waals surface area contributed by atoms with Gasteiger partial charge in [-0.15, -0.1) is 0 Å². The normalized spacial score (nSPS) is 10.0. The van der Waals surface area contributed by atoms with E-state index in [1.807, 2.05) is 0 Å². The molecule has 0 atom stereocenters. The average molecular weight is 439 g/mol. The van der Waals surface area contributed by atoms with Gasteiger partial charge in [0.15, 0.2) is 0 Å². The van der Waals surface area contributed by atoms with Crippen LogP contribution < -0.4 is 0 Å². The fourth-order valence-electron chi connectivity index (χ4n) is 2.71. The molecule has 0 aliphatic heterocycles. The van der Waals surface area contributed by atoms with Crippen molar-refractivity contribution >= 4 is 12.1 Å². The van der Waals surface area contributed by atoms with Crippen molar-refractivity contribution in [2.45, 2.75) is 116 Å². The molecule has 0 fully saturated rings. The van der Waals surface area contributed by atoms with Gasteiger partial charge < -0.3 is 30.6 Å². The SMILES string of the molecule is CCCCCCCCCCCCCCCCCC(=O)O.O=C(O)O.OCC(O)CO. The van der Waals surface area contributed by atoms with Gasteiger partial charge in [-0.05, 0) is 6.42 Å². The van der Waals surface area contributed by atoms with Gasteiger partial charge in [0, 0.05) is 6.42 Å². The Balaban J connectivity index is -0.000000600. The van der Waals surface area contributed by atoms with Crippen molar-refractivity contribution < 1.29 is 40.2 Å². The van der Waals surface area contributed by atoms with Crippen molar-refractivity contribution in [1.29, 1.82) is 0 Å². The quantitative estimate of drug-likeness (QED) is 0.165. The summed E-state index contributed by atoms with van der Waals surface area (Å²) in [6.07, 6.45) is 17.4. The van der Waals surface area contributed by atoms with Crippen LogP contribution in [0.2, 0.25) is 0 Å². The first-order chi connectivity index (χ1) is 14.3. The molecule has 0 radical (unpaired) electrons. The number of carbonyl (C=O) groups is 2. The van der Waals surface area contributed by atoms with E-state index in [0.29, 0.717) is 6.42 Å². The minimum atomic E-state index is -1.83.